The SMILES string of the molecule is CC(=O)OC[C@@H]1O[C@H](Oc2ccc3c(=O)c(-c4ccc(Br)cc4)coc3c2)[C@@H](OC(C)=O)[C@@H](OC(C)=O)[C@@H]1OC(C)=O. The molecule has 0 unspecified atom stereocenters. The van der Waals surface area contributed by atoms with Gasteiger partial charge in [-0.2, -0.15) is 0 Å². The van der Waals surface area contributed by atoms with Gasteiger partial charge >= 0.3 is 23.9 Å². The predicted molar refractivity (Wildman–Crippen MR) is 148 cm³/mol. The van der Waals surface area contributed by atoms with Crippen molar-refractivity contribution in [2.45, 2.75) is 58.4 Å². The van der Waals surface area contributed by atoms with Crippen molar-refractivity contribution < 1.29 is 52.0 Å². The van der Waals surface area contributed by atoms with Crippen LogP contribution in [0.2, 0.25) is 0 Å². The lowest BCUT2D eigenvalue weighted by Gasteiger charge is -2.43. The van der Waals surface area contributed by atoms with Crippen molar-refractivity contribution in [3.63, 3.8) is 0 Å². The highest BCUT2D eigenvalue weighted by Crippen LogP contribution is 2.32. The summed E-state index contributed by atoms with van der Waals surface area (Å²) < 4.78 is 39.8. The number of fused-ring (bicyclic) bond motifs is 1. The van der Waals surface area contributed by atoms with Crippen LogP contribution in [0, 0.1) is 0 Å². The lowest BCUT2D eigenvalue weighted by Crippen LogP contribution is -2.63. The molecule has 3 aromatic rings. The molecule has 2 aromatic carbocycles. The molecule has 0 aliphatic carbocycles. The normalized spacial score (nSPS) is 21.7. The number of hydrogen-bond acceptors (Lipinski definition) is 12. The first-order valence-electron chi connectivity index (χ1n) is 12.7. The maximum absolute atomic E-state index is 13.2. The van der Waals surface area contributed by atoms with E-state index in [0.29, 0.717) is 11.1 Å². The van der Waals surface area contributed by atoms with Gasteiger partial charge in [-0.25, -0.2) is 0 Å². The van der Waals surface area contributed by atoms with Gasteiger partial charge in [0.05, 0.1) is 10.9 Å². The van der Waals surface area contributed by atoms with Crippen molar-refractivity contribution in [2.24, 2.45) is 0 Å². The van der Waals surface area contributed by atoms with Crippen molar-refractivity contribution in [1.82, 2.24) is 0 Å². The highest BCUT2D eigenvalue weighted by molar-refractivity contribution is 9.10. The van der Waals surface area contributed by atoms with Gasteiger partial charge in [0.1, 0.15) is 30.3 Å². The Labute approximate surface area is 247 Å². The fourth-order valence-electron chi connectivity index (χ4n) is 4.43. The number of rotatable bonds is 8. The summed E-state index contributed by atoms with van der Waals surface area (Å²) >= 11 is 3.37. The summed E-state index contributed by atoms with van der Waals surface area (Å²) in [6, 6.07) is 11.6. The van der Waals surface area contributed by atoms with Crippen LogP contribution in [0.1, 0.15) is 27.7 Å². The molecule has 0 amide bonds. The van der Waals surface area contributed by atoms with E-state index in [9.17, 15) is 24.0 Å². The Balaban J connectivity index is 1.70. The number of esters is 4. The van der Waals surface area contributed by atoms with Crippen LogP contribution in [0.15, 0.2) is 62.4 Å². The van der Waals surface area contributed by atoms with Crippen LogP contribution < -0.4 is 10.2 Å². The van der Waals surface area contributed by atoms with E-state index in [4.69, 9.17) is 32.8 Å². The summed E-state index contributed by atoms with van der Waals surface area (Å²) in [7, 11) is 0. The van der Waals surface area contributed by atoms with E-state index in [1.54, 1.807) is 12.1 Å². The summed E-state index contributed by atoms with van der Waals surface area (Å²) in [6.07, 6.45) is -5.39. The Kier molecular flexibility index (Phi) is 9.63. The first-order chi connectivity index (χ1) is 19.9. The summed E-state index contributed by atoms with van der Waals surface area (Å²) in [5.74, 6) is -2.78. The third-order valence-electron chi connectivity index (χ3n) is 6.10. The Morgan fingerprint density at radius 3 is 2.05 bits per heavy atom. The van der Waals surface area contributed by atoms with Crippen LogP contribution in [-0.2, 0) is 42.9 Å². The Bertz CT molecular complexity index is 1550. The lowest BCUT2D eigenvalue weighted by molar-refractivity contribution is -0.288. The molecule has 4 rings (SSSR count). The molecule has 1 saturated heterocycles. The molecule has 0 N–H and O–H groups in total. The first-order valence-corrected chi connectivity index (χ1v) is 13.5. The van der Waals surface area contributed by atoms with Gasteiger partial charge in [0.2, 0.25) is 12.4 Å². The average Bonchev–Trinajstić information content (AvgIpc) is 2.91. The van der Waals surface area contributed by atoms with Gasteiger partial charge in [-0.3, -0.25) is 24.0 Å². The van der Waals surface area contributed by atoms with Gasteiger partial charge in [0.25, 0.3) is 0 Å². The van der Waals surface area contributed by atoms with E-state index in [1.165, 1.54) is 31.4 Å². The lowest BCUT2D eigenvalue weighted by atomic mass is 9.98. The molecule has 0 saturated carbocycles. The van der Waals surface area contributed by atoms with Gasteiger partial charge < -0.3 is 32.8 Å². The Morgan fingerprint density at radius 2 is 1.43 bits per heavy atom. The minimum Gasteiger partial charge on any atom is -0.463 e. The Morgan fingerprint density at radius 1 is 0.810 bits per heavy atom. The van der Waals surface area contributed by atoms with Crippen molar-refractivity contribution in [1.29, 1.82) is 0 Å². The van der Waals surface area contributed by atoms with E-state index < -0.39 is 61.2 Å². The van der Waals surface area contributed by atoms with Gasteiger partial charge in [-0.15, -0.1) is 0 Å². The standard InChI is InChI=1S/C29H27BrO12/c1-14(31)36-13-24-26(38-15(2)32)27(39-16(3)33)28(40-17(4)34)29(42-24)41-20-9-10-21-23(11-20)37-12-22(25(21)35)18-5-7-19(30)8-6-18/h5-12,24,26-29H,13H2,1-4H3/t24-,26+,27-,28-,29-/m0/s1. The first kappa shape index (κ1) is 30.7. The summed E-state index contributed by atoms with van der Waals surface area (Å²) in [5.41, 5.74) is 0.969. The van der Waals surface area contributed by atoms with Crippen LogP contribution in [0.3, 0.4) is 0 Å². The smallest absolute Gasteiger partial charge is 0.303 e. The number of hydrogen-bond donors (Lipinski definition) is 0. The Hall–Kier alpha value is -4.23. The fourth-order valence-corrected chi connectivity index (χ4v) is 4.69. The highest BCUT2D eigenvalue weighted by atomic mass is 79.9. The van der Waals surface area contributed by atoms with E-state index in [0.717, 1.165) is 25.2 Å². The molecule has 1 aliphatic heterocycles. The molecule has 42 heavy (non-hydrogen) atoms. The fraction of sp³-hybridized carbons (Fsp3) is 0.345. The second-order valence-corrected chi connectivity index (χ2v) is 10.2. The zero-order valence-electron chi connectivity index (χ0n) is 23.0. The molecule has 5 atom stereocenters. The zero-order chi connectivity index (χ0) is 30.6. The molecule has 13 heteroatoms. The highest BCUT2D eigenvalue weighted by Gasteiger charge is 2.53. The molecular weight excluding hydrogens is 620 g/mol. The molecule has 1 fully saturated rings. The van der Waals surface area contributed by atoms with Gasteiger partial charge in [-0.1, -0.05) is 28.1 Å². The molecule has 222 valence electrons. The number of carbonyl (C=O) groups excluding carboxylic acids is 4. The predicted octanol–water partition coefficient (Wildman–Crippen LogP) is 3.68. The largest absolute Gasteiger partial charge is 0.463 e. The van der Waals surface area contributed by atoms with Crippen molar-refractivity contribution >= 4 is 50.8 Å². The van der Waals surface area contributed by atoms with Crippen molar-refractivity contribution in [3.8, 4) is 16.9 Å². The van der Waals surface area contributed by atoms with Crippen molar-refractivity contribution in [3.05, 3.63) is 63.4 Å². The number of ether oxygens (including phenoxy) is 6. The topological polar surface area (TPSA) is 154 Å². The molecular formula is C29H27BrO12. The van der Waals surface area contributed by atoms with Gasteiger partial charge in [-0.05, 0) is 29.8 Å². The maximum atomic E-state index is 13.2. The summed E-state index contributed by atoms with van der Waals surface area (Å²) in [5, 5.41) is 0.282. The van der Waals surface area contributed by atoms with Crippen LogP contribution >= 0.6 is 15.9 Å². The number of benzene rings is 2. The van der Waals surface area contributed by atoms with E-state index >= 15 is 0 Å². The third-order valence-corrected chi connectivity index (χ3v) is 6.63. The molecule has 0 bridgehead atoms. The van der Waals surface area contributed by atoms with E-state index in [-0.39, 0.29) is 22.1 Å². The molecule has 0 radical (unpaired) electrons. The molecule has 1 aliphatic rings. The van der Waals surface area contributed by atoms with Crippen LogP contribution in [0.4, 0.5) is 0 Å². The molecule has 2 heterocycles. The van der Waals surface area contributed by atoms with Gasteiger partial charge in [0, 0.05) is 38.2 Å². The van der Waals surface area contributed by atoms with Crippen LogP contribution in [-0.4, -0.2) is 61.2 Å². The number of carbonyl (C=O) groups is 4. The molecule has 0 spiro atoms. The summed E-state index contributed by atoms with van der Waals surface area (Å²) in [6.45, 7) is 4.15. The number of halogens is 1. The molecule has 1 aromatic heterocycles. The second-order valence-electron chi connectivity index (χ2n) is 9.33. The van der Waals surface area contributed by atoms with Crippen LogP contribution in [0.25, 0.3) is 22.1 Å². The average molecular weight is 647 g/mol. The third kappa shape index (κ3) is 7.34. The summed E-state index contributed by atoms with van der Waals surface area (Å²) in [4.78, 5) is 60.7. The maximum Gasteiger partial charge on any atom is 0.303 e. The minimum atomic E-state index is -1.43. The van der Waals surface area contributed by atoms with Gasteiger partial charge in [0.15, 0.2) is 17.6 Å². The van der Waals surface area contributed by atoms with Crippen LogP contribution in [0.5, 0.6) is 5.75 Å². The van der Waals surface area contributed by atoms with E-state index in [1.807, 2.05) is 12.1 Å². The molecule has 12 nitrogen and oxygen atoms in total. The zero-order valence-corrected chi connectivity index (χ0v) is 24.6. The van der Waals surface area contributed by atoms with Crippen molar-refractivity contribution in [2.75, 3.05) is 6.61 Å². The second kappa shape index (κ2) is 13.2. The van der Waals surface area contributed by atoms with E-state index in [2.05, 4.69) is 15.9 Å². The minimum absolute atomic E-state index is 0.142. The monoisotopic (exact) mass is 646 g/mol. The quantitative estimate of drug-likeness (QED) is 0.259.